The first-order valence-corrected chi connectivity index (χ1v) is 9.68. The predicted octanol–water partition coefficient (Wildman–Crippen LogP) is 3.00. The third-order valence-corrected chi connectivity index (χ3v) is 5.94. The summed E-state index contributed by atoms with van der Waals surface area (Å²) in [4.78, 5) is 18.8. The van der Waals surface area contributed by atoms with Crippen molar-refractivity contribution in [3.63, 3.8) is 0 Å². The minimum absolute atomic E-state index is 0.0370. The number of fused-ring (bicyclic) bond motifs is 2. The summed E-state index contributed by atoms with van der Waals surface area (Å²) in [5.41, 5.74) is 2.65. The van der Waals surface area contributed by atoms with E-state index in [1.165, 1.54) is 0 Å². The summed E-state index contributed by atoms with van der Waals surface area (Å²) in [5.74, 6) is 0.563. The predicted molar refractivity (Wildman–Crippen MR) is 106 cm³/mol. The normalized spacial score (nSPS) is 15.6. The summed E-state index contributed by atoms with van der Waals surface area (Å²) in [6, 6.07) is 11.4. The van der Waals surface area contributed by atoms with Crippen LogP contribution in [0.15, 0.2) is 36.4 Å². The number of ether oxygens (including phenoxy) is 1. The Morgan fingerprint density at radius 1 is 1.37 bits per heavy atom. The molecule has 1 aliphatic rings. The number of aromatic hydroxyl groups is 1. The van der Waals surface area contributed by atoms with Crippen LogP contribution in [0.5, 0.6) is 11.5 Å². The molecule has 2 aromatic carbocycles. The lowest BCUT2D eigenvalue weighted by Gasteiger charge is -2.25. The molecule has 3 aromatic rings. The first kappa shape index (κ1) is 17.8. The summed E-state index contributed by atoms with van der Waals surface area (Å²) in [5, 5.41) is 14.1. The molecule has 1 amide bonds. The Morgan fingerprint density at radius 2 is 2.19 bits per heavy atom. The highest BCUT2D eigenvalue weighted by molar-refractivity contribution is 7.21. The number of rotatable bonds is 3. The minimum atomic E-state index is -0.280. The molecule has 6 nitrogen and oxygen atoms in total. The van der Waals surface area contributed by atoms with Gasteiger partial charge >= 0.3 is 0 Å². The van der Waals surface area contributed by atoms with Crippen LogP contribution in [0.3, 0.4) is 0 Å². The molecule has 0 aliphatic carbocycles. The van der Waals surface area contributed by atoms with Crippen molar-refractivity contribution in [1.82, 2.24) is 15.2 Å². The summed E-state index contributed by atoms with van der Waals surface area (Å²) < 4.78 is 6.89. The molecule has 0 saturated heterocycles. The van der Waals surface area contributed by atoms with Crippen molar-refractivity contribution in [3.8, 4) is 22.1 Å². The zero-order valence-electron chi connectivity index (χ0n) is 15.2. The Morgan fingerprint density at radius 3 is 2.96 bits per heavy atom. The van der Waals surface area contributed by atoms with Gasteiger partial charge in [-0.2, -0.15) is 0 Å². The van der Waals surface area contributed by atoms with Crippen LogP contribution in [0.4, 0.5) is 0 Å². The maximum Gasteiger partial charge on any atom is 0.236 e. The molecule has 2 heterocycles. The molecule has 140 valence electrons. The third-order valence-electron chi connectivity index (χ3n) is 4.86. The molecule has 1 aliphatic heterocycles. The highest BCUT2D eigenvalue weighted by Crippen LogP contribution is 2.39. The van der Waals surface area contributed by atoms with Crippen molar-refractivity contribution < 1.29 is 14.6 Å². The monoisotopic (exact) mass is 383 g/mol. The Balaban J connectivity index is 1.72. The number of likely N-dealkylation sites (N-methyl/N-ethyl adjacent to an activating group) is 1. The number of aromatic nitrogens is 1. The van der Waals surface area contributed by atoms with Crippen molar-refractivity contribution in [2.24, 2.45) is 0 Å². The van der Waals surface area contributed by atoms with E-state index >= 15 is 0 Å². The summed E-state index contributed by atoms with van der Waals surface area (Å²) in [6.45, 7) is 3.43. The largest absolute Gasteiger partial charge is 0.504 e. The van der Waals surface area contributed by atoms with Crippen molar-refractivity contribution in [2.75, 3.05) is 20.2 Å². The van der Waals surface area contributed by atoms with Crippen LogP contribution in [0.1, 0.15) is 12.5 Å². The van der Waals surface area contributed by atoms with Gasteiger partial charge in [0.25, 0.3) is 0 Å². The Kier molecular flexibility index (Phi) is 4.72. The molecule has 0 bridgehead atoms. The summed E-state index contributed by atoms with van der Waals surface area (Å²) in [7, 11) is 1.64. The fourth-order valence-corrected chi connectivity index (χ4v) is 4.30. The number of carbonyl (C=O) groups excluding carboxylic acids is 1. The fourth-order valence-electron chi connectivity index (χ4n) is 3.34. The van der Waals surface area contributed by atoms with Gasteiger partial charge in [-0.3, -0.25) is 9.69 Å². The van der Waals surface area contributed by atoms with Gasteiger partial charge in [-0.15, -0.1) is 11.3 Å². The SMILES string of the molecule is CNC(=O)C(C)N1CCOc2c(O)cc(-c3nc4ccccc4s3)cc2C1. The van der Waals surface area contributed by atoms with Crippen LogP contribution >= 0.6 is 11.3 Å². The van der Waals surface area contributed by atoms with Crippen molar-refractivity contribution in [3.05, 3.63) is 42.0 Å². The van der Waals surface area contributed by atoms with Crippen LogP contribution in [0, 0.1) is 0 Å². The Bertz CT molecular complexity index is 968. The molecule has 0 saturated carbocycles. The van der Waals surface area contributed by atoms with Gasteiger partial charge < -0.3 is 15.2 Å². The van der Waals surface area contributed by atoms with E-state index in [0.29, 0.717) is 25.4 Å². The lowest BCUT2D eigenvalue weighted by atomic mass is 10.1. The number of para-hydroxylation sites is 1. The number of phenolic OH excluding ortho intramolecular Hbond substituents is 1. The van der Waals surface area contributed by atoms with Gasteiger partial charge in [-0.05, 0) is 31.2 Å². The van der Waals surface area contributed by atoms with E-state index in [0.717, 1.165) is 26.4 Å². The van der Waals surface area contributed by atoms with Gasteiger partial charge in [0, 0.05) is 31.3 Å². The number of hydrogen-bond donors (Lipinski definition) is 2. The topological polar surface area (TPSA) is 74.7 Å². The lowest BCUT2D eigenvalue weighted by molar-refractivity contribution is -0.125. The second kappa shape index (κ2) is 7.17. The first-order valence-electron chi connectivity index (χ1n) is 8.87. The molecule has 1 aromatic heterocycles. The van der Waals surface area contributed by atoms with E-state index in [1.807, 2.05) is 42.2 Å². The minimum Gasteiger partial charge on any atom is -0.504 e. The average Bonchev–Trinajstić information content (AvgIpc) is 2.99. The number of nitrogens with one attached hydrogen (secondary N) is 1. The van der Waals surface area contributed by atoms with Crippen LogP contribution in [0.2, 0.25) is 0 Å². The van der Waals surface area contributed by atoms with Gasteiger partial charge in [-0.1, -0.05) is 12.1 Å². The van der Waals surface area contributed by atoms with E-state index in [1.54, 1.807) is 24.5 Å². The number of phenols is 1. The second-order valence-electron chi connectivity index (χ2n) is 6.58. The third kappa shape index (κ3) is 3.36. The highest BCUT2D eigenvalue weighted by atomic mass is 32.1. The number of benzene rings is 2. The number of hydrogen-bond acceptors (Lipinski definition) is 6. The van der Waals surface area contributed by atoms with E-state index in [-0.39, 0.29) is 17.7 Å². The van der Waals surface area contributed by atoms with Gasteiger partial charge in [0.2, 0.25) is 5.91 Å². The lowest BCUT2D eigenvalue weighted by Crippen LogP contribution is -2.44. The van der Waals surface area contributed by atoms with Gasteiger partial charge in [0.05, 0.1) is 16.3 Å². The summed E-state index contributed by atoms with van der Waals surface area (Å²) in [6.07, 6.45) is 0. The maximum atomic E-state index is 12.0. The molecule has 4 rings (SSSR count). The van der Waals surface area contributed by atoms with E-state index in [4.69, 9.17) is 4.74 Å². The number of thiazole rings is 1. The van der Waals surface area contributed by atoms with Crippen molar-refractivity contribution >= 4 is 27.5 Å². The zero-order chi connectivity index (χ0) is 19.0. The Hall–Kier alpha value is -2.64. The van der Waals surface area contributed by atoms with E-state index in [2.05, 4.69) is 10.3 Å². The Labute approximate surface area is 161 Å². The molecule has 1 unspecified atom stereocenters. The van der Waals surface area contributed by atoms with Gasteiger partial charge in [-0.25, -0.2) is 4.98 Å². The molecule has 2 N–H and O–H groups in total. The zero-order valence-corrected chi connectivity index (χ0v) is 16.0. The number of amides is 1. The quantitative estimate of drug-likeness (QED) is 0.727. The number of carbonyl (C=O) groups is 1. The van der Waals surface area contributed by atoms with Crippen molar-refractivity contribution in [2.45, 2.75) is 19.5 Å². The second-order valence-corrected chi connectivity index (χ2v) is 7.61. The highest BCUT2D eigenvalue weighted by Gasteiger charge is 2.26. The number of nitrogens with zero attached hydrogens (tertiary/aromatic N) is 2. The molecule has 27 heavy (non-hydrogen) atoms. The molecular formula is C20H21N3O3S. The maximum absolute atomic E-state index is 12.0. The molecule has 0 radical (unpaired) electrons. The van der Waals surface area contributed by atoms with Gasteiger partial charge in [0.1, 0.15) is 11.6 Å². The van der Waals surface area contributed by atoms with E-state index in [9.17, 15) is 9.90 Å². The molecule has 1 atom stereocenters. The van der Waals surface area contributed by atoms with Crippen LogP contribution in [0.25, 0.3) is 20.8 Å². The van der Waals surface area contributed by atoms with E-state index < -0.39 is 0 Å². The molecule has 0 fully saturated rings. The summed E-state index contributed by atoms with van der Waals surface area (Å²) >= 11 is 1.59. The fraction of sp³-hybridized carbons (Fsp3) is 0.300. The molecule has 0 spiro atoms. The van der Waals surface area contributed by atoms with Crippen LogP contribution in [-0.2, 0) is 11.3 Å². The smallest absolute Gasteiger partial charge is 0.236 e. The first-order chi connectivity index (χ1) is 13.1. The van der Waals surface area contributed by atoms with Crippen LogP contribution in [-0.4, -0.2) is 47.1 Å². The van der Waals surface area contributed by atoms with Crippen molar-refractivity contribution in [1.29, 1.82) is 0 Å². The van der Waals surface area contributed by atoms with Gasteiger partial charge in [0.15, 0.2) is 11.5 Å². The molecule has 7 heteroatoms. The standard InChI is InChI=1S/C20H21N3O3S/c1-12(19(25)21-2)23-7-8-26-18-14(11-23)9-13(10-16(18)24)20-22-15-5-3-4-6-17(15)27-20/h3-6,9-10,12,24H,7-8,11H2,1-2H3,(H,21,25). The average molecular weight is 383 g/mol. The van der Waals surface area contributed by atoms with Crippen LogP contribution < -0.4 is 10.1 Å². The molecular weight excluding hydrogens is 362 g/mol.